The summed E-state index contributed by atoms with van der Waals surface area (Å²) in [6, 6.07) is 14.9. The summed E-state index contributed by atoms with van der Waals surface area (Å²) in [7, 11) is 1.58. The number of carbonyl (C=O) groups is 1. The van der Waals surface area contributed by atoms with Crippen LogP contribution in [0.25, 0.3) is 11.3 Å². The molecule has 1 fully saturated rings. The van der Waals surface area contributed by atoms with Crippen LogP contribution in [-0.4, -0.2) is 28.8 Å². The number of hydrogen-bond donors (Lipinski definition) is 2. The fourth-order valence-electron chi connectivity index (χ4n) is 2.74. The van der Waals surface area contributed by atoms with E-state index in [1.165, 1.54) is 4.90 Å². The summed E-state index contributed by atoms with van der Waals surface area (Å²) in [5, 5.41) is 20.0. The van der Waals surface area contributed by atoms with E-state index < -0.39 is 5.54 Å². The monoisotopic (exact) mass is 319 g/mol. The zero-order chi connectivity index (χ0) is 17.3. The van der Waals surface area contributed by atoms with E-state index in [-0.39, 0.29) is 18.3 Å². The molecule has 1 atom stereocenters. The first-order valence-electron chi connectivity index (χ1n) is 7.54. The summed E-state index contributed by atoms with van der Waals surface area (Å²) in [6.45, 7) is 1.87. The fourth-order valence-corrected chi connectivity index (χ4v) is 2.74. The van der Waals surface area contributed by atoms with Crippen molar-refractivity contribution in [1.82, 2.24) is 15.2 Å². The van der Waals surface area contributed by atoms with Gasteiger partial charge in [-0.2, -0.15) is 5.26 Å². The van der Waals surface area contributed by atoms with E-state index in [1.807, 2.05) is 37.3 Å². The largest absolute Gasteiger partial charge is 0.345 e. The van der Waals surface area contributed by atoms with Crippen molar-refractivity contribution < 1.29 is 4.79 Å². The van der Waals surface area contributed by atoms with Crippen LogP contribution in [0.15, 0.2) is 42.5 Å². The molecule has 3 rings (SSSR count). The van der Waals surface area contributed by atoms with Crippen LogP contribution in [0, 0.1) is 16.7 Å². The molecular formula is C18H17N5O. The molecule has 2 aromatic rings. The molecule has 1 amide bonds. The molecule has 2 N–H and O–H groups in total. The van der Waals surface area contributed by atoms with Gasteiger partial charge in [-0.05, 0) is 31.2 Å². The Balaban J connectivity index is 2.00. The van der Waals surface area contributed by atoms with E-state index in [1.54, 1.807) is 19.2 Å². The second-order valence-electron chi connectivity index (χ2n) is 6.04. The Morgan fingerprint density at radius 3 is 2.79 bits per heavy atom. The highest BCUT2D eigenvalue weighted by molar-refractivity contribution is 5.98. The average Bonchev–Trinajstić information content (AvgIpc) is 2.60. The maximum Gasteiger partial charge on any atom is 0.231 e. The third-order valence-electron chi connectivity index (χ3n) is 4.21. The van der Waals surface area contributed by atoms with Gasteiger partial charge in [0.1, 0.15) is 0 Å². The molecule has 1 aliphatic rings. The van der Waals surface area contributed by atoms with E-state index in [9.17, 15) is 4.79 Å². The number of rotatable bonds is 2. The van der Waals surface area contributed by atoms with Crippen molar-refractivity contribution in [3.8, 4) is 17.3 Å². The highest BCUT2D eigenvalue weighted by Crippen LogP contribution is 2.29. The second-order valence-corrected chi connectivity index (χ2v) is 6.04. The number of benzene rings is 1. The maximum atomic E-state index is 12.1. The summed E-state index contributed by atoms with van der Waals surface area (Å²) < 4.78 is 0. The first kappa shape index (κ1) is 15.7. The molecule has 1 aromatic carbocycles. The number of pyridine rings is 1. The molecular weight excluding hydrogens is 302 g/mol. The van der Waals surface area contributed by atoms with Crippen LogP contribution in [0.5, 0.6) is 0 Å². The molecule has 6 heteroatoms. The summed E-state index contributed by atoms with van der Waals surface area (Å²) in [5.74, 6) is -0.0626. The van der Waals surface area contributed by atoms with Gasteiger partial charge in [0.25, 0.3) is 0 Å². The van der Waals surface area contributed by atoms with Gasteiger partial charge in [0.15, 0.2) is 5.96 Å². The van der Waals surface area contributed by atoms with E-state index in [4.69, 9.17) is 10.7 Å². The minimum absolute atomic E-state index is 0.0624. The SMILES string of the molecule is CN1C(=N)N[C@@](C)(c2cccc(-c3cccc(C#N)c3)n2)CC1=O. The molecule has 0 saturated carbocycles. The number of nitriles is 1. The number of carbonyl (C=O) groups excluding carboxylic acids is 1. The van der Waals surface area contributed by atoms with Crippen LogP contribution < -0.4 is 5.32 Å². The van der Waals surface area contributed by atoms with Crippen molar-refractivity contribution >= 4 is 11.9 Å². The van der Waals surface area contributed by atoms with Crippen LogP contribution in [0.2, 0.25) is 0 Å². The zero-order valence-corrected chi connectivity index (χ0v) is 13.5. The van der Waals surface area contributed by atoms with Crippen LogP contribution >= 0.6 is 0 Å². The fraction of sp³-hybridized carbons (Fsp3) is 0.222. The molecule has 1 saturated heterocycles. The zero-order valence-electron chi connectivity index (χ0n) is 13.5. The Morgan fingerprint density at radius 2 is 2.08 bits per heavy atom. The number of aromatic nitrogens is 1. The summed E-state index contributed by atoms with van der Waals surface area (Å²) in [6.07, 6.45) is 0.223. The molecule has 1 aromatic heterocycles. The van der Waals surface area contributed by atoms with Gasteiger partial charge >= 0.3 is 0 Å². The van der Waals surface area contributed by atoms with E-state index in [0.717, 1.165) is 11.3 Å². The van der Waals surface area contributed by atoms with Gasteiger partial charge in [0, 0.05) is 12.6 Å². The third kappa shape index (κ3) is 2.72. The van der Waals surface area contributed by atoms with Crippen LogP contribution in [0.3, 0.4) is 0 Å². The van der Waals surface area contributed by atoms with E-state index in [2.05, 4.69) is 16.4 Å². The topological polar surface area (TPSA) is 92.9 Å². The lowest BCUT2D eigenvalue weighted by Crippen LogP contribution is -2.58. The van der Waals surface area contributed by atoms with Crippen molar-refractivity contribution in [2.45, 2.75) is 18.9 Å². The highest BCUT2D eigenvalue weighted by Gasteiger charge is 2.39. The molecule has 0 aliphatic carbocycles. The number of hydrogen-bond acceptors (Lipinski definition) is 4. The molecule has 0 unspecified atom stereocenters. The predicted octanol–water partition coefficient (Wildman–Crippen LogP) is 2.22. The van der Waals surface area contributed by atoms with Gasteiger partial charge < -0.3 is 5.32 Å². The van der Waals surface area contributed by atoms with Gasteiger partial charge in [-0.15, -0.1) is 0 Å². The number of guanidine groups is 1. The summed E-state index contributed by atoms with van der Waals surface area (Å²) in [4.78, 5) is 18.1. The normalized spacial score (nSPS) is 20.5. The first-order valence-corrected chi connectivity index (χ1v) is 7.54. The lowest BCUT2D eigenvalue weighted by atomic mass is 9.90. The van der Waals surface area contributed by atoms with Crippen LogP contribution in [0.1, 0.15) is 24.6 Å². The average molecular weight is 319 g/mol. The van der Waals surface area contributed by atoms with Gasteiger partial charge in [-0.3, -0.25) is 20.1 Å². The minimum Gasteiger partial charge on any atom is -0.345 e. The third-order valence-corrected chi connectivity index (χ3v) is 4.21. The summed E-state index contributed by atoms with van der Waals surface area (Å²) in [5.41, 5.74) is 2.09. The Bertz CT molecular complexity index is 850. The quantitative estimate of drug-likeness (QED) is 0.887. The number of nitrogens with zero attached hydrogens (tertiary/aromatic N) is 3. The van der Waals surface area contributed by atoms with Crippen molar-refractivity contribution in [2.75, 3.05) is 7.05 Å². The molecule has 6 nitrogen and oxygen atoms in total. The Kier molecular flexibility index (Phi) is 3.78. The molecule has 0 spiro atoms. The van der Waals surface area contributed by atoms with Gasteiger partial charge in [0.2, 0.25) is 5.91 Å². The lowest BCUT2D eigenvalue weighted by molar-refractivity contribution is -0.129. The van der Waals surface area contributed by atoms with Gasteiger partial charge in [-0.25, -0.2) is 0 Å². The molecule has 0 bridgehead atoms. The van der Waals surface area contributed by atoms with Crippen LogP contribution in [-0.2, 0) is 10.3 Å². The summed E-state index contributed by atoms with van der Waals surface area (Å²) >= 11 is 0. The standard InChI is InChI=1S/C18H17N5O/c1-18(10-16(24)23(2)17(20)22-18)15-8-4-7-14(21-15)13-6-3-5-12(9-13)11-19/h3-9H,10H2,1-2H3,(H2,20,22)/t18-/m1/s1. The molecule has 120 valence electrons. The van der Waals surface area contributed by atoms with Crippen LogP contribution in [0.4, 0.5) is 0 Å². The predicted molar refractivity (Wildman–Crippen MR) is 90.0 cm³/mol. The molecule has 24 heavy (non-hydrogen) atoms. The van der Waals surface area contributed by atoms with E-state index >= 15 is 0 Å². The number of nitrogens with one attached hydrogen (secondary N) is 2. The lowest BCUT2D eigenvalue weighted by Gasteiger charge is -2.38. The second kappa shape index (κ2) is 5.78. The highest BCUT2D eigenvalue weighted by atomic mass is 16.2. The van der Waals surface area contributed by atoms with Crippen molar-refractivity contribution in [1.29, 1.82) is 10.7 Å². The van der Waals surface area contributed by atoms with Crippen molar-refractivity contribution in [3.05, 3.63) is 53.7 Å². The van der Waals surface area contributed by atoms with Gasteiger partial charge in [-0.1, -0.05) is 18.2 Å². The molecule has 2 heterocycles. The minimum atomic E-state index is -0.733. The Hall–Kier alpha value is -3.20. The first-order chi connectivity index (χ1) is 11.4. The van der Waals surface area contributed by atoms with E-state index in [0.29, 0.717) is 11.3 Å². The van der Waals surface area contributed by atoms with Crippen molar-refractivity contribution in [2.24, 2.45) is 0 Å². The van der Waals surface area contributed by atoms with Gasteiger partial charge in [0.05, 0.1) is 35.0 Å². The molecule has 0 radical (unpaired) electrons. The molecule has 1 aliphatic heterocycles. The maximum absolute atomic E-state index is 12.1. The number of amides is 1. The Labute approximate surface area is 140 Å². The Morgan fingerprint density at radius 1 is 1.33 bits per heavy atom. The smallest absolute Gasteiger partial charge is 0.231 e. The van der Waals surface area contributed by atoms with Crippen molar-refractivity contribution in [3.63, 3.8) is 0 Å².